The standard InChI is InChI=1S/C15H20O/c1-11-2-5-13-7-9-15(16,14(13)10-11)8-6-12-3-4-12/h2,5,10,12,16H,3-4,6-9H2,1H3. The molecule has 1 N–H and O–H groups in total. The van der Waals surface area contributed by atoms with Crippen molar-refractivity contribution in [3.8, 4) is 0 Å². The first-order valence-electron chi connectivity index (χ1n) is 6.50. The summed E-state index contributed by atoms with van der Waals surface area (Å²) in [6, 6.07) is 6.54. The van der Waals surface area contributed by atoms with E-state index in [4.69, 9.17) is 0 Å². The second-order valence-electron chi connectivity index (χ2n) is 5.67. The highest BCUT2D eigenvalue weighted by Crippen LogP contribution is 2.44. The van der Waals surface area contributed by atoms with E-state index >= 15 is 0 Å². The molecule has 0 amide bonds. The monoisotopic (exact) mass is 216 g/mol. The molecule has 0 saturated heterocycles. The number of aryl methyl sites for hydroxylation is 2. The quantitative estimate of drug-likeness (QED) is 0.821. The summed E-state index contributed by atoms with van der Waals surface area (Å²) in [5.74, 6) is 0.915. The molecule has 86 valence electrons. The van der Waals surface area contributed by atoms with Crippen LogP contribution in [-0.2, 0) is 12.0 Å². The molecule has 1 saturated carbocycles. The Labute approximate surface area is 97.5 Å². The molecule has 1 fully saturated rings. The number of aliphatic hydroxyl groups is 1. The summed E-state index contributed by atoms with van der Waals surface area (Å²) in [4.78, 5) is 0. The Hall–Kier alpha value is -0.820. The minimum Gasteiger partial charge on any atom is -0.385 e. The summed E-state index contributed by atoms with van der Waals surface area (Å²) in [6.45, 7) is 2.11. The van der Waals surface area contributed by atoms with Crippen molar-refractivity contribution in [2.45, 2.75) is 51.0 Å². The van der Waals surface area contributed by atoms with Gasteiger partial charge in [-0.25, -0.2) is 0 Å². The van der Waals surface area contributed by atoms with E-state index in [1.54, 1.807) is 0 Å². The van der Waals surface area contributed by atoms with Gasteiger partial charge in [-0.3, -0.25) is 0 Å². The number of fused-ring (bicyclic) bond motifs is 1. The van der Waals surface area contributed by atoms with Gasteiger partial charge in [-0.2, -0.15) is 0 Å². The Balaban J connectivity index is 1.84. The maximum Gasteiger partial charge on any atom is 0.0902 e. The maximum atomic E-state index is 10.7. The van der Waals surface area contributed by atoms with Crippen LogP contribution in [0.25, 0.3) is 0 Å². The lowest BCUT2D eigenvalue weighted by atomic mass is 9.89. The largest absolute Gasteiger partial charge is 0.385 e. The lowest BCUT2D eigenvalue weighted by Gasteiger charge is -2.24. The van der Waals surface area contributed by atoms with Gasteiger partial charge >= 0.3 is 0 Å². The minimum absolute atomic E-state index is 0.510. The zero-order valence-corrected chi connectivity index (χ0v) is 10.00. The molecule has 3 rings (SSSR count). The first-order valence-corrected chi connectivity index (χ1v) is 6.50. The second-order valence-corrected chi connectivity index (χ2v) is 5.67. The van der Waals surface area contributed by atoms with Gasteiger partial charge in [0.15, 0.2) is 0 Å². The predicted molar refractivity (Wildman–Crippen MR) is 65.4 cm³/mol. The van der Waals surface area contributed by atoms with Gasteiger partial charge in [-0.1, -0.05) is 36.6 Å². The normalized spacial score (nSPS) is 28.1. The number of rotatable bonds is 3. The molecule has 1 nitrogen and oxygen atoms in total. The predicted octanol–water partition coefficient (Wildman–Crippen LogP) is 3.32. The molecule has 0 bridgehead atoms. The highest BCUT2D eigenvalue weighted by Gasteiger charge is 2.37. The Morgan fingerprint density at radius 2 is 2.19 bits per heavy atom. The first-order chi connectivity index (χ1) is 7.67. The van der Waals surface area contributed by atoms with E-state index in [9.17, 15) is 5.11 Å². The lowest BCUT2D eigenvalue weighted by Crippen LogP contribution is -2.22. The van der Waals surface area contributed by atoms with Gasteiger partial charge in [0.05, 0.1) is 5.60 Å². The molecule has 0 spiro atoms. The third-order valence-corrected chi connectivity index (χ3v) is 4.24. The lowest BCUT2D eigenvalue weighted by molar-refractivity contribution is 0.0259. The van der Waals surface area contributed by atoms with Gasteiger partial charge in [0, 0.05) is 0 Å². The highest BCUT2D eigenvalue weighted by atomic mass is 16.3. The topological polar surface area (TPSA) is 20.2 Å². The van der Waals surface area contributed by atoms with E-state index in [1.807, 2.05) is 0 Å². The zero-order valence-electron chi connectivity index (χ0n) is 10.00. The van der Waals surface area contributed by atoms with Crippen LogP contribution in [0.4, 0.5) is 0 Å². The minimum atomic E-state index is -0.510. The highest BCUT2D eigenvalue weighted by molar-refractivity contribution is 5.39. The Kier molecular flexibility index (Phi) is 2.32. The van der Waals surface area contributed by atoms with Crippen molar-refractivity contribution in [3.63, 3.8) is 0 Å². The number of hydrogen-bond acceptors (Lipinski definition) is 1. The molecule has 0 radical (unpaired) electrons. The van der Waals surface area contributed by atoms with Crippen molar-refractivity contribution in [2.24, 2.45) is 5.92 Å². The molecular weight excluding hydrogens is 196 g/mol. The molecule has 2 aliphatic carbocycles. The van der Waals surface area contributed by atoms with Crippen molar-refractivity contribution >= 4 is 0 Å². The average molecular weight is 216 g/mol. The molecule has 0 aliphatic heterocycles. The summed E-state index contributed by atoms with van der Waals surface area (Å²) >= 11 is 0. The molecule has 2 aliphatic rings. The smallest absolute Gasteiger partial charge is 0.0902 e. The van der Waals surface area contributed by atoms with E-state index in [2.05, 4.69) is 25.1 Å². The van der Waals surface area contributed by atoms with Crippen LogP contribution in [-0.4, -0.2) is 5.11 Å². The van der Waals surface area contributed by atoms with E-state index in [-0.39, 0.29) is 0 Å². The average Bonchev–Trinajstić information content (AvgIpc) is 3.04. The third kappa shape index (κ3) is 1.78. The van der Waals surface area contributed by atoms with Crippen molar-refractivity contribution in [1.29, 1.82) is 0 Å². The fourth-order valence-electron chi connectivity index (χ4n) is 2.93. The van der Waals surface area contributed by atoms with Crippen LogP contribution >= 0.6 is 0 Å². The van der Waals surface area contributed by atoms with Gasteiger partial charge in [-0.15, -0.1) is 0 Å². The second kappa shape index (κ2) is 3.59. The van der Waals surface area contributed by atoms with Crippen LogP contribution in [0.3, 0.4) is 0 Å². The van der Waals surface area contributed by atoms with Crippen LogP contribution in [0.2, 0.25) is 0 Å². The van der Waals surface area contributed by atoms with Gasteiger partial charge in [-0.05, 0) is 49.7 Å². The molecule has 0 heterocycles. The van der Waals surface area contributed by atoms with Crippen molar-refractivity contribution in [3.05, 3.63) is 34.9 Å². The van der Waals surface area contributed by atoms with Crippen molar-refractivity contribution < 1.29 is 5.11 Å². The third-order valence-electron chi connectivity index (χ3n) is 4.24. The van der Waals surface area contributed by atoms with Crippen LogP contribution in [0.15, 0.2) is 18.2 Å². The van der Waals surface area contributed by atoms with Crippen LogP contribution in [0, 0.1) is 12.8 Å². The van der Waals surface area contributed by atoms with Crippen molar-refractivity contribution in [2.75, 3.05) is 0 Å². The van der Waals surface area contributed by atoms with E-state index in [0.717, 1.165) is 25.2 Å². The van der Waals surface area contributed by atoms with Gasteiger partial charge < -0.3 is 5.11 Å². The fraction of sp³-hybridized carbons (Fsp3) is 0.600. The maximum absolute atomic E-state index is 10.7. The molecule has 1 atom stereocenters. The summed E-state index contributed by atoms with van der Waals surface area (Å²) in [5, 5.41) is 10.7. The number of benzene rings is 1. The Morgan fingerprint density at radius 1 is 1.38 bits per heavy atom. The van der Waals surface area contributed by atoms with Gasteiger partial charge in [0.1, 0.15) is 0 Å². The molecule has 1 unspecified atom stereocenters. The van der Waals surface area contributed by atoms with E-state index in [0.29, 0.717) is 0 Å². The van der Waals surface area contributed by atoms with Gasteiger partial charge in [0.2, 0.25) is 0 Å². The Bertz CT molecular complexity index is 406. The summed E-state index contributed by atoms with van der Waals surface area (Å²) in [6.07, 6.45) is 6.93. The Morgan fingerprint density at radius 3 is 2.94 bits per heavy atom. The van der Waals surface area contributed by atoms with Gasteiger partial charge in [0.25, 0.3) is 0 Å². The summed E-state index contributed by atoms with van der Waals surface area (Å²) in [5.41, 5.74) is 3.34. The van der Waals surface area contributed by atoms with Crippen LogP contribution < -0.4 is 0 Å². The number of hydrogen-bond donors (Lipinski definition) is 1. The molecular formula is C15H20O. The zero-order chi connectivity index (χ0) is 11.2. The fourth-order valence-corrected chi connectivity index (χ4v) is 2.93. The first kappa shape index (κ1) is 10.3. The SMILES string of the molecule is Cc1ccc2c(c1)C(O)(CCC1CC1)CC2. The molecule has 0 aromatic heterocycles. The summed E-state index contributed by atoms with van der Waals surface area (Å²) < 4.78 is 0. The van der Waals surface area contributed by atoms with Crippen LogP contribution in [0.5, 0.6) is 0 Å². The molecule has 1 heteroatoms. The van der Waals surface area contributed by atoms with Crippen LogP contribution in [0.1, 0.15) is 48.8 Å². The van der Waals surface area contributed by atoms with Crippen molar-refractivity contribution in [1.82, 2.24) is 0 Å². The molecule has 16 heavy (non-hydrogen) atoms. The van der Waals surface area contributed by atoms with E-state index in [1.165, 1.54) is 36.0 Å². The van der Waals surface area contributed by atoms with E-state index < -0.39 is 5.60 Å². The molecule has 1 aromatic carbocycles. The summed E-state index contributed by atoms with van der Waals surface area (Å²) in [7, 11) is 0. The molecule has 1 aromatic rings.